The molecule has 0 aliphatic heterocycles. The molecule has 0 N–H and O–H groups in total. The summed E-state index contributed by atoms with van der Waals surface area (Å²) < 4.78 is 29.1. The van der Waals surface area contributed by atoms with Crippen molar-refractivity contribution in [3.63, 3.8) is 0 Å². The number of nitrogens with zero attached hydrogens (tertiary/aromatic N) is 6. The van der Waals surface area contributed by atoms with Crippen LogP contribution in [0.25, 0.3) is 0 Å². The number of anilines is 9. The van der Waals surface area contributed by atoms with Gasteiger partial charge in [-0.3, -0.25) is 14.7 Å². The van der Waals surface area contributed by atoms with E-state index in [1.54, 1.807) is 24.3 Å². The normalized spacial score (nSPS) is 12.0. The molecule has 59 heavy (non-hydrogen) atoms. The Balaban J connectivity index is 1.53. The van der Waals surface area contributed by atoms with Crippen LogP contribution in [0.5, 0.6) is 0 Å². The van der Waals surface area contributed by atoms with Crippen LogP contribution in [0.3, 0.4) is 0 Å². The first-order valence-corrected chi connectivity index (χ1v) is 20.0. The average Bonchev–Trinajstić information content (AvgIpc) is 3.20. The maximum atomic E-state index is 14.6. The molecule has 0 radical (unpaired) electrons. The van der Waals surface area contributed by atoms with Crippen LogP contribution in [0.4, 0.5) is 60.8 Å². The molecule has 8 heteroatoms. The molecule has 0 aliphatic rings. The van der Waals surface area contributed by atoms with Gasteiger partial charge in [0.2, 0.25) is 17.8 Å². The summed E-state index contributed by atoms with van der Waals surface area (Å²) in [4.78, 5) is 21.7. The Bertz CT molecular complexity index is 2360. The van der Waals surface area contributed by atoms with Crippen molar-refractivity contribution in [3.05, 3.63) is 180 Å². The van der Waals surface area contributed by atoms with Gasteiger partial charge in [0.05, 0.1) is 0 Å². The molecular weight excluding hydrogens is 735 g/mol. The number of hydrogen-bond donors (Lipinski definition) is 0. The fourth-order valence-electron chi connectivity index (χ4n) is 6.87. The molecule has 0 aliphatic carbocycles. The monoisotopic (exact) mass is 786 g/mol. The minimum absolute atomic E-state index is 0.0555. The molecule has 1 heterocycles. The lowest BCUT2D eigenvalue weighted by Gasteiger charge is -2.30. The van der Waals surface area contributed by atoms with Gasteiger partial charge in [0.1, 0.15) is 11.6 Å². The lowest BCUT2D eigenvalue weighted by molar-refractivity contribution is 0.590. The van der Waals surface area contributed by atoms with Crippen LogP contribution in [-0.2, 0) is 16.2 Å². The Morgan fingerprint density at radius 3 is 0.763 bits per heavy atom. The Hall–Kier alpha value is -6.41. The second-order valence-electron chi connectivity index (χ2n) is 17.9. The summed E-state index contributed by atoms with van der Waals surface area (Å²) in [6, 6.07) is 47.6. The highest BCUT2D eigenvalue weighted by atomic mass is 19.1. The molecule has 0 spiro atoms. The molecule has 0 fully saturated rings. The van der Waals surface area contributed by atoms with Crippen molar-refractivity contribution in [2.24, 2.45) is 0 Å². The molecule has 0 bridgehead atoms. The van der Waals surface area contributed by atoms with Crippen molar-refractivity contribution in [1.29, 1.82) is 0 Å². The van der Waals surface area contributed by atoms with Crippen LogP contribution in [-0.4, -0.2) is 15.0 Å². The minimum Gasteiger partial charge on any atom is -0.279 e. The average molecular weight is 787 g/mol. The van der Waals surface area contributed by atoms with E-state index >= 15 is 0 Å². The van der Waals surface area contributed by atoms with E-state index in [0.717, 1.165) is 33.9 Å². The van der Waals surface area contributed by atoms with Crippen LogP contribution in [0.15, 0.2) is 152 Å². The van der Waals surface area contributed by atoms with Gasteiger partial charge in [0, 0.05) is 34.1 Å². The Morgan fingerprint density at radius 2 is 0.525 bits per heavy atom. The SMILES string of the molecule is CC(C)(C)c1ccc(N(c2ccccc2)c2nc(N(c3ccc(F)cc3)c3ccc(C(C)(C)C)cc3)nc(N(c3ccc(F)cc3)c3ccc(C(C)(C)C)cc3)n2)cc1. The molecule has 6 nitrogen and oxygen atoms in total. The van der Waals surface area contributed by atoms with Crippen LogP contribution in [0.2, 0.25) is 0 Å². The third-order valence-corrected chi connectivity index (χ3v) is 10.4. The number of aromatic nitrogens is 3. The summed E-state index contributed by atoms with van der Waals surface area (Å²) in [7, 11) is 0. The number of benzene rings is 6. The van der Waals surface area contributed by atoms with Crippen LogP contribution < -0.4 is 14.7 Å². The number of halogens is 2. The predicted octanol–water partition coefficient (Wildman–Crippen LogP) is 14.5. The fourth-order valence-corrected chi connectivity index (χ4v) is 6.87. The molecule has 0 atom stereocenters. The van der Waals surface area contributed by atoms with E-state index < -0.39 is 0 Å². The van der Waals surface area contributed by atoms with E-state index in [2.05, 4.69) is 111 Å². The van der Waals surface area contributed by atoms with E-state index in [1.807, 2.05) is 69.3 Å². The van der Waals surface area contributed by atoms with Crippen LogP contribution in [0, 0.1) is 11.6 Å². The molecule has 0 saturated heterocycles. The van der Waals surface area contributed by atoms with Crippen molar-refractivity contribution in [2.75, 3.05) is 14.7 Å². The number of hydrogen-bond acceptors (Lipinski definition) is 6. The molecule has 0 unspecified atom stereocenters. The van der Waals surface area contributed by atoms with Gasteiger partial charge in [-0.25, -0.2) is 8.78 Å². The zero-order valence-corrected chi connectivity index (χ0v) is 35.4. The van der Waals surface area contributed by atoms with Crippen LogP contribution >= 0.6 is 0 Å². The maximum absolute atomic E-state index is 14.6. The summed E-state index contributed by atoms with van der Waals surface area (Å²) >= 11 is 0. The smallest absolute Gasteiger partial charge is 0.241 e. The Labute approximate surface area is 347 Å². The van der Waals surface area contributed by atoms with Gasteiger partial charge in [-0.2, -0.15) is 15.0 Å². The quantitative estimate of drug-likeness (QED) is 0.145. The molecular formula is C51H52F2N6. The van der Waals surface area contributed by atoms with Gasteiger partial charge in [0.25, 0.3) is 0 Å². The van der Waals surface area contributed by atoms with Crippen molar-refractivity contribution in [1.82, 2.24) is 15.0 Å². The van der Waals surface area contributed by atoms with E-state index in [9.17, 15) is 8.78 Å². The summed E-state index contributed by atoms with van der Waals surface area (Å²) in [6.45, 7) is 19.6. The lowest BCUT2D eigenvalue weighted by atomic mass is 9.87. The summed E-state index contributed by atoms with van der Waals surface area (Å²) in [6.07, 6.45) is 0. The first-order chi connectivity index (χ1) is 28.0. The predicted molar refractivity (Wildman–Crippen MR) is 240 cm³/mol. The van der Waals surface area contributed by atoms with Gasteiger partial charge in [-0.05, 0) is 130 Å². The largest absolute Gasteiger partial charge is 0.279 e. The third-order valence-electron chi connectivity index (χ3n) is 10.4. The molecule has 1 aromatic heterocycles. The third kappa shape index (κ3) is 9.18. The highest BCUT2D eigenvalue weighted by Crippen LogP contribution is 2.42. The Kier molecular flexibility index (Phi) is 11.1. The molecule has 7 aromatic rings. The molecule has 300 valence electrons. The van der Waals surface area contributed by atoms with Gasteiger partial charge in [0.15, 0.2) is 0 Å². The number of rotatable bonds is 9. The molecule has 0 saturated carbocycles. The van der Waals surface area contributed by atoms with Crippen molar-refractivity contribution < 1.29 is 8.78 Å². The summed E-state index contributed by atoms with van der Waals surface area (Å²) in [5, 5.41) is 0. The Morgan fingerprint density at radius 1 is 0.305 bits per heavy atom. The van der Waals surface area contributed by atoms with E-state index in [0.29, 0.717) is 29.2 Å². The zero-order valence-electron chi connectivity index (χ0n) is 35.4. The second kappa shape index (κ2) is 16.1. The molecule has 7 rings (SSSR count). The summed E-state index contributed by atoms with van der Waals surface area (Å²) in [5.41, 5.74) is 7.83. The van der Waals surface area contributed by atoms with E-state index in [-0.39, 0.29) is 27.9 Å². The van der Waals surface area contributed by atoms with E-state index in [1.165, 1.54) is 29.8 Å². The highest BCUT2D eigenvalue weighted by Gasteiger charge is 2.27. The first-order valence-electron chi connectivity index (χ1n) is 20.0. The fraction of sp³-hybridized carbons (Fsp3) is 0.235. The molecule has 0 amide bonds. The molecule has 6 aromatic carbocycles. The standard InChI is InChI=1S/C51H52F2N6/c1-49(2,3)35-15-25-41(26-16-35)57(40-13-11-10-12-14-40)46-54-47(58(44-31-21-38(52)22-32-44)42-27-17-36(18-28-42)50(4,5)6)56-48(55-46)59(45-33-23-39(53)24-34-45)43-29-19-37(20-30-43)51(7,8)9/h10-34H,1-9H3. The van der Waals surface area contributed by atoms with Crippen LogP contribution in [0.1, 0.15) is 79.0 Å². The minimum atomic E-state index is -0.357. The zero-order chi connectivity index (χ0) is 42.1. The first kappa shape index (κ1) is 40.8. The van der Waals surface area contributed by atoms with Gasteiger partial charge >= 0.3 is 0 Å². The van der Waals surface area contributed by atoms with Gasteiger partial charge < -0.3 is 0 Å². The van der Waals surface area contributed by atoms with Crippen molar-refractivity contribution in [2.45, 2.75) is 78.6 Å². The topological polar surface area (TPSA) is 48.4 Å². The second-order valence-corrected chi connectivity index (χ2v) is 17.9. The maximum Gasteiger partial charge on any atom is 0.241 e. The number of para-hydroxylation sites is 1. The lowest BCUT2D eigenvalue weighted by Crippen LogP contribution is -2.22. The van der Waals surface area contributed by atoms with Crippen molar-refractivity contribution >= 4 is 52.0 Å². The highest BCUT2D eigenvalue weighted by molar-refractivity contribution is 5.80. The van der Waals surface area contributed by atoms with E-state index in [4.69, 9.17) is 15.0 Å². The van der Waals surface area contributed by atoms with Gasteiger partial charge in [-0.15, -0.1) is 0 Å². The van der Waals surface area contributed by atoms with Crippen molar-refractivity contribution in [3.8, 4) is 0 Å². The summed E-state index contributed by atoms with van der Waals surface area (Å²) in [5.74, 6) is 0.223. The van der Waals surface area contributed by atoms with Gasteiger partial charge in [-0.1, -0.05) is 117 Å².